The minimum Gasteiger partial charge on any atom is -0.389 e. The molecule has 2 nitrogen and oxygen atoms in total. The first-order chi connectivity index (χ1) is 9.00. The van der Waals surface area contributed by atoms with Crippen molar-refractivity contribution in [1.29, 1.82) is 0 Å². The van der Waals surface area contributed by atoms with Gasteiger partial charge in [0.15, 0.2) is 0 Å². The van der Waals surface area contributed by atoms with Gasteiger partial charge in [0, 0.05) is 4.47 Å². The number of thiocarbonyl (C=S) groups is 1. The number of rotatable bonds is 3. The molecule has 3 N–H and O–H groups in total. The Morgan fingerprint density at radius 1 is 1.21 bits per heavy atom. The molecular weight excluding hydrogens is 344 g/mol. The first kappa shape index (κ1) is 14.3. The highest BCUT2D eigenvalue weighted by Crippen LogP contribution is 2.32. The van der Waals surface area contributed by atoms with Crippen LogP contribution < -0.4 is 11.1 Å². The molecule has 0 aliphatic heterocycles. The number of hydrogen-bond donors (Lipinski definition) is 2. The molecule has 0 aromatic heterocycles. The van der Waals surface area contributed by atoms with Crippen LogP contribution in [0, 0.1) is 6.92 Å². The van der Waals surface area contributed by atoms with Gasteiger partial charge < -0.3 is 11.1 Å². The molecule has 0 unspecified atom stereocenters. The third-order valence-electron chi connectivity index (χ3n) is 2.72. The zero-order chi connectivity index (χ0) is 14.0. The Morgan fingerprint density at radius 3 is 2.53 bits per heavy atom. The number of nitrogens with two attached hydrogens (primary N) is 1. The molecule has 0 saturated heterocycles. The number of aryl methyl sites for hydroxylation is 1. The summed E-state index contributed by atoms with van der Waals surface area (Å²) in [4.78, 5) is 0.275. The summed E-state index contributed by atoms with van der Waals surface area (Å²) in [7, 11) is 0. The van der Waals surface area contributed by atoms with Crippen LogP contribution in [0.5, 0.6) is 0 Å². The van der Waals surface area contributed by atoms with E-state index >= 15 is 0 Å². The number of anilines is 2. The van der Waals surface area contributed by atoms with Crippen molar-refractivity contribution in [3.63, 3.8) is 0 Å². The zero-order valence-corrected chi connectivity index (χ0v) is 13.4. The molecule has 19 heavy (non-hydrogen) atoms. The predicted molar refractivity (Wildman–Crippen MR) is 89.5 cm³/mol. The van der Waals surface area contributed by atoms with Crippen LogP contribution in [0.25, 0.3) is 0 Å². The van der Waals surface area contributed by atoms with Gasteiger partial charge in [-0.3, -0.25) is 0 Å². The van der Waals surface area contributed by atoms with Crippen molar-refractivity contribution in [3.8, 4) is 0 Å². The molecule has 5 heteroatoms. The Labute approximate surface area is 131 Å². The Bertz CT molecular complexity index is 643. The topological polar surface area (TPSA) is 38.0 Å². The standard InChI is InChI=1S/C14H12BrClN2S/c1-8-4-2-7-11(13(8)15)18-10-6-3-5-9(16)12(10)14(17)19/h2-7,18H,1H3,(H2,17,19). The monoisotopic (exact) mass is 354 g/mol. The smallest absolute Gasteiger partial charge is 0.107 e. The summed E-state index contributed by atoms with van der Waals surface area (Å²) in [6.07, 6.45) is 0. The van der Waals surface area contributed by atoms with E-state index < -0.39 is 0 Å². The van der Waals surface area contributed by atoms with Gasteiger partial charge in [-0.15, -0.1) is 0 Å². The van der Waals surface area contributed by atoms with Gasteiger partial charge >= 0.3 is 0 Å². The second kappa shape index (κ2) is 5.90. The number of hydrogen-bond acceptors (Lipinski definition) is 2. The van der Waals surface area contributed by atoms with E-state index in [1.54, 1.807) is 6.07 Å². The third-order valence-corrected chi connectivity index (χ3v) is 4.29. The van der Waals surface area contributed by atoms with Crippen molar-refractivity contribution in [2.75, 3.05) is 5.32 Å². The normalized spacial score (nSPS) is 10.3. The summed E-state index contributed by atoms with van der Waals surface area (Å²) in [5.74, 6) is 0. The Kier molecular flexibility index (Phi) is 4.45. The predicted octanol–water partition coefficient (Wildman–Crippen LogP) is 4.79. The van der Waals surface area contributed by atoms with Crippen molar-refractivity contribution in [2.24, 2.45) is 5.73 Å². The Morgan fingerprint density at radius 2 is 1.84 bits per heavy atom. The van der Waals surface area contributed by atoms with Gasteiger partial charge in [0.2, 0.25) is 0 Å². The van der Waals surface area contributed by atoms with Crippen LogP contribution >= 0.6 is 39.7 Å². The first-order valence-electron chi connectivity index (χ1n) is 5.61. The lowest BCUT2D eigenvalue weighted by Gasteiger charge is -2.14. The lowest BCUT2D eigenvalue weighted by atomic mass is 10.1. The van der Waals surface area contributed by atoms with Gasteiger partial charge in [0.05, 0.1) is 22.0 Å². The van der Waals surface area contributed by atoms with E-state index in [2.05, 4.69) is 21.2 Å². The molecule has 0 aliphatic rings. The van der Waals surface area contributed by atoms with Crippen molar-refractivity contribution in [3.05, 3.63) is 57.0 Å². The van der Waals surface area contributed by atoms with E-state index in [9.17, 15) is 0 Å². The van der Waals surface area contributed by atoms with Crippen molar-refractivity contribution in [1.82, 2.24) is 0 Å². The third kappa shape index (κ3) is 3.08. The minimum absolute atomic E-state index is 0.275. The Hall–Kier alpha value is -1.10. The van der Waals surface area contributed by atoms with Crippen molar-refractivity contribution >= 4 is 56.1 Å². The fourth-order valence-corrected chi connectivity index (χ4v) is 2.68. The van der Waals surface area contributed by atoms with Gasteiger partial charge in [-0.1, -0.05) is 42.0 Å². The van der Waals surface area contributed by atoms with Crippen LogP contribution in [0.4, 0.5) is 11.4 Å². The summed E-state index contributed by atoms with van der Waals surface area (Å²) in [5, 5.41) is 3.85. The zero-order valence-electron chi connectivity index (χ0n) is 10.2. The summed E-state index contributed by atoms with van der Waals surface area (Å²) in [6.45, 7) is 2.03. The molecule has 0 amide bonds. The number of benzene rings is 2. The van der Waals surface area contributed by atoms with Crippen LogP contribution in [0.15, 0.2) is 40.9 Å². The highest BCUT2D eigenvalue weighted by Gasteiger charge is 2.11. The maximum absolute atomic E-state index is 6.14. The molecule has 0 atom stereocenters. The molecule has 0 heterocycles. The molecule has 2 aromatic carbocycles. The quantitative estimate of drug-likeness (QED) is 0.778. The fourth-order valence-electron chi connectivity index (χ4n) is 1.77. The van der Waals surface area contributed by atoms with Crippen molar-refractivity contribution < 1.29 is 0 Å². The molecule has 0 spiro atoms. The van der Waals surface area contributed by atoms with Gasteiger partial charge in [0.1, 0.15) is 4.99 Å². The fraction of sp³-hybridized carbons (Fsp3) is 0.0714. The molecule has 0 bridgehead atoms. The number of halogens is 2. The van der Waals surface area contributed by atoms with E-state index in [1.807, 2.05) is 37.3 Å². The van der Waals surface area contributed by atoms with Gasteiger partial charge in [-0.05, 0) is 46.6 Å². The van der Waals surface area contributed by atoms with Gasteiger partial charge in [0.25, 0.3) is 0 Å². The Balaban J connectivity index is 2.47. The highest BCUT2D eigenvalue weighted by molar-refractivity contribution is 9.10. The van der Waals surface area contributed by atoms with Crippen LogP contribution in [-0.2, 0) is 0 Å². The number of nitrogens with one attached hydrogen (secondary N) is 1. The second-order valence-corrected chi connectivity index (χ2v) is 5.73. The first-order valence-corrected chi connectivity index (χ1v) is 7.19. The average Bonchev–Trinajstić information content (AvgIpc) is 2.34. The van der Waals surface area contributed by atoms with Crippen LogP contribution in [0.1, 0.15) is 11.1 Å². The summed E-state index contributed by atoms with van der Waals surface area (Å²) in [6, 6.07) is 11.5. The van der Waals surface area contributed by atoms with E-state index in [0.717, 1.165) is 21.4 Å². The summed E-state index contributed by atoms with van der Waals surface area (Å²) < 4.78 is 1.00. The summed E-state index contributed by atoms with van der Waals surface area (Å²) >= 11 is 14.8. The molecule has 0 fully saturated rings. The van der Waals surface area contributed by atoms with E-state index in [0.29, 0.717) is 10.6 Å². The molecule has 0 saturated carbocycles. The largest absolute Gasteiger partial charge is 0.389 e. The molecular formula is C14H12BrClN2S. The summed E-state index contributed by atoms with van der Waals surface area (Å²) in [5.41, 5.74) is 9.28. The average molecular weight is 356 g/mol. The maximum atomic E-state index is 6.14. The van der Waals surface area contributed by atoms with Crippen LogP contribution in [0.2, 0.25) is 5.02 Å². The second-order valence-electron chi connectivity index (χ2n) is 4.09. The molecule has 2 rings (SSSR count). The SMILES string of the molecule is Cc1cccc(Nc2cccc(Cl)c2C(N)=S)c1Br. The molecule has 2 aromatic rings. The highest BCUT2D eigenvalue weighted by atomic mass is 79.9. The van der Waals surface area contributed by atoms with Crippen LogP contribution in [0.3, 0.4) is 0 Å². The maximum Gasteiger partial charge on any atom is 0.107 e. The van der Waals surface area contributed by atoms with Gasteiger partial charge in [-0.2, -0.15) is 0 Å². The lowest BCUT2D eigenvalue weighted by Crippen LogP contribution is -2.12. The van der Waals surface area contributed by atoms with E-state index in [4.69, 9.17) is 29.6 Å². The van der Waals surface area contributed by atoms with E-state index in [1.165, 1.54) is 0 Å². The van der Waals surface area contributed by atoms with E-state index in [-0.39, 0.29) is 4.99 Å². The van der Waals surface area contributed by atoms with Crippen molar-refractivity contribution in [2.45, 2.75) is 6.92 Å². The van der Waals surface area contributed by atoms with Gasteiger partial charge in [-0.25, -0.2) is 0 Å². The minimum atomic E-state index is 0.275. The molecule has 0 aliphatic carbocycles. The van der Waals surface area contributed by atoms with Crippen LogP contribution in [-0.4, -0.2) is 4.99 Å². The molecule has 0 radical (unpaired) electrons. The molecule has 98 valence electrons. The lowest BCUT2D eigenvalue weighted by molar-refractivity contribution is 1.41.